The molecule has 9 nitrogen and oxygen atoms in total. The lowest BCUT2D eigenvalue weighted by Gasteiger charge is -2.38. The fourth-order valence-corrected chi connectivity index (χ4v) is 6.18. The average molecular weight is 504 g/mol. The summed E-state index contributed by atoms with van der Waals surface area (Å²) >= 11 is 0. The molecule has 1 aromatic carbocycles. The Morgan fingerprint density at radius 1 is 1.14 bits per heavy atom. The molecule has 2 atom stereocenters. The van der Waals surface area contributed by atoms with Gasteiger partial charge in [0.05, 0.1) is 12.3 Å². The summed E-state index contributed by atoms with van der Waals surface area (Å²) in [5.74, 6) is 0.565. The van der Waals surface area contributed by atoms with Crippen LogP contribution in [0.2, 0.25) is 0 Å². The van der Waals surface area contributed by atoms with Crippen molar-refractivity contribution < 1.29 is 18.8 Å². The van der Waals surface area contributed by atoms with Crippen LogP contribution < -0.4 is 15.4 Å². The topological polar surface area (TPSA) is 111 Å². The number of nitrogens with one attached hydrogen (secondary N) is 2. The number of carbonyl (C=O) groups is 2. The number of hydrogen-bond donors (Lipinski definition) is 2. The van der Waals surface area contributed by atoms with Gasteiger partial charge in [-0.3, -0.25) is 19.6 Å². The van der Waals surface area contributed by atoms with E-state index >= 15 is 0 Å². The van der Waals surface area contributed by atoms with E-state index in [1.807, 2.05) is 31.2 Å². The summed E-state index contributed by atoms with van der Waals surface area (Å²) in [7, 11) is 1.71. The smallest absolute Gasteiger partial charge is 0.270 e. The van der Waals surface area contributed by atoms with Crippen molar-refractivity contribution in [3.63, 3.8) is 0 Å². The first kappa shape index (κ1) is 23.8. The van der Waals surface area contributed by atoms with Crippen LogP contribution in [-0.4, -0.2) is 39.4 Å². The van der Waals surface area contributed by atoms with Crippen LogP contribution in [0.1, 0.15) is 84.1 Å². The van der Waals surface area contributed by atoms with Crippen molar-refractivity contribution in [3.8, 4) is 5.75 Å². The number of hydrogen-bond acceptors (Lipinski definition) is 6. The van der Waals surface area contributed by atoms with Crippen LogP contribution in [-0.2, 0) is 11.8 Å². The average Bonchev–Trinajstić information content (AvgIpc) is 3.39. The zero-order valence-electron chi connectivity index (χ0n) is 21.3. The van der Waals surface area contributed by atoms with Crippen LogP contribution in [0, 0.1) is 12.3 Å². The minimum atomic E-state index is -0.836. The molecule has 0 bridgehead atoms. The van der Waals surface area contributed by atoms with Gasteiger partial charge in [0.2, 0.25) is 11.8 Å². The molecule has 2 fully saturated rings. The molecule has 2 aliphatic carbocycles. The molecule has 3 aromatic rings. The highest BCUT2D eigenvalue weighted by Crippen LogP contribution is 2.61. The Kier molecular flexibility index (Phi) is 6.01. The number of aryl methyl sites for hydroxylation is 1. The number of ether oxygens (including phenoxy) is 1. The van der Waals surface area contributed by atoms with Crippen molar-refractivity contribution in [2.75, 3.05) is 11.9 Å². The third-order valence-corrected chi connectivity index (χ3v) is 8.47. The molecule has 37 heavy (non-hydrogen) atoms. The molecule has 3 aliphatic rings. The molecule has 2 N–H and O–H groups in total. The highest BCUT2D eigenvalue weighted by molar-refractivity contribution is 6.01. The van der Waals surface area contributed by atoms with Gasteiger partial charge in [-0.05, 0) is 44.7 Å². The summed E-state index contributed by atoms with van der Waals surface area (Å²) in [6.07, 6.45) is 9.24. The Morgan fingerprint density at radius 2 is 1.92 bits per heavy atom. The van der Waals surface area contributed by atoms with E-state index in [-0.39, 0.29) is 23.1 Å². The molecule has 1 spiro atoms. The minimum Gasteiger partial charge on any atom is -0.493 e. The van der Waals surface area contributed by atoms with Crippen LogP contribution in [0.25, 0.3) is 0 Å². The molecule has 2 saturated carbocycles. The van der Waals surface area contributed by atoms with Crippen molar-refractivity contribution in [1.82, 2.24) is 20.3 Å². The lowest BCUT2D eigenvalue weighted by molar-refractivity contribution is -0.119. The fourth-order valence-electron chi connectivity index (χ4n) is 6.18. The molecular weight excluding hydrogens is 470 g/mol. The van der Waals surface area contributed by atoms with Gasteiger partial charge >= 0.3 is 0 Å². The predicted octanol–water partition coefficient (Wildman–Crippen LogP) is 4.46. The van der Waals surface area contributed by atoms with E-state index in [2.05, 4.69) is 20.9 Å². The van der Waals surface area contributed by atoms with E-state index in [1.54, 1.807) is 19.3 Å². The second kappa shape index (κ2) is 9.36. The molecule has 9 heteroatoms. The summed E-state index contributed by atoms with van der Waals surface area (Å²) in [5, 5.41) is 14.5. The normalized spacial score (nSPS) is 21.1. The van der Waals surface area contributed by atoms with Crippen molar-refractivity contribution >= 4 is 17.7 Å². The molecule has 3 heterocycles. The third kappa shape index (κ3) is 4.30. The SMILES string of the molecule is Cc1c(C2CCCCC2)noc1NC(=O)[C@@H](NC(=O)c1ccnn1C)C1c2ccccc2OCC12CC2. The number of nitrogens with zero attached hydrogens (tertiary/aromatic N) is 3. The first-order valence-corrected chi connectivity index (χ1v) is 13.2. The minimum absolute atomic E-state index is 0.195. The monoisotopic (exact) mass is 503 g/mol. The fraction of sp³-hybridized carbons (Fsp3) is 0.500. The second-order valence-corrected chi connectivity index (χ2v) is 10.8. The molecule has 6 rings (SSSR count). The van der Waals surface area contributed by atoms with Crippen LogP contribution in [0.4, 0.5) is 5.88 Å². The van der Waals surface area contributed by atoms with Crippen molar-refractivity contribution in [2.24, 2.45) is 12.5 Å². The first-order chi connectivity index (χ1) is 18.0. The van der Waals surface area contributed by atoms with Crippen LogP contribution in [0.3, 0.4) is 0 Å². The Balaban J connectivity index is 1.33. The maximum Gasteiger partial charge on any atom is 0.270 e. The Labute approximate surface area is 215 Å². The van der Waals surface area contributed by atoms with Gasteiger partial charge in [-0.1, -0.05) is 42.6 Å². The number of anilines is 1. The molecule has 194 valence electrons. The summed E-state index contributed by atoms with van der Waals surface area (Å²) in [6.45, 7) is 2.47. The molecule has 0 saturated heterocycles. The van der Waals surface area contributed by atoms with Crippen LogP contribution >= 0.6 is 0 Å². The quantitative estimate of drug-likeness (QED) is 0.514. The molecule has 1 aliphatic heterocycles. The Bertz CT molecular complexity index is 1320. The number of rotatable bonds is 6. The predicted molar refractivity (Wildman–Crippen MR) is 137 cm³/mol. The van der Waals surface area contributed by atoms with Crippen LogP contribution in [0.5, 0.6) is 5.75 Å². The number of benzene rings is 1. The number of aromatic nitrogens is 3. The zero-order chi connectivity index (χ0) is 25.6. The maximum absolute atomic E-state index is 14.0. The first-order valence-electron chi connectivity index (χ1n) is 13.2. The summed E-state index contributed by atoms with van der Waals surface area (Å²) in [5.41, 5.74) is 2.93. The molecule has 2 aromatic heterocycles. The van der Waals surface area contributed by atoms with E-state index in [9.17, 15) is 9.59 Å². The van der Waals surface area contributed by atoms with Gasteiger partial charge in [0, 0.05) is 41.6 Å². The van der Waals surface area contributed by atoms with Crippen molar-refractivity contribution in [2.45, 2.75) is 69.7 Å². The standard InChI is InChI=1S/C28H33N5O4/c1-17-23(18-8-4-3-5-9-18)32-37-27(17)31-26(35)24(30-25(34)20-12-15-29-33(20)2)22-19-10-6-7-11-21(19)36-16-28(22)13-14-28/h6-7,10-12,15,18,22,24H,3-5,8-9,13-14,16H2,1-2H3,(H,30,34)(H,31,35)/t22?,24-/m0/s1. The highest BCUT2D eigenvalue weighted by atomic mass is 16.5. The Hall–Kier alpha value is -3.62. The van der Waals surface area contributed by atoms with E-state index in [4.69, 9.17) is 9.26 Å². The van der Waals surface area contributed by atoms with Crippen molar-refractivity contribution in [1.29, 1.82) is 0 Å². The van der Waals surface area contributed by atoms with E-state index < -0.39 is 6.04 Å². The van der Waals surface area contributed by atoms with Gasteiger partial charge < -0.3 is 14.6 Å². The van der Waals surface area contributed by atoms with E-state index in [0.717, 1.165) is 48.3 Å². The number of fused-ring (bicyclic) bond motifs is 1. The van der Waals surface area contributed by atoms with Gasteiger partial charge in [-0.15, -0.1) is 0 Å². The zero-order valence-corrected chi connectivity index (χ0v) is 21.3. The number of carbonyl (C=O) groups excluding carboxylic acids is 2. The summed E-state index contributed by atoms with van der Waals surface area (Å²) in [4.78, 5) is 27.3. The van der Waals surface area contributed by atoms with Gasteiger partial charge in [0.1, 0.15) is 17.5 Å². The molecule has 0 radical (unpaired) electrons. The third-order valence-electron chi connectivity index (χ3n) is 8.47. The Morgan fingerprint density at radius 3 is 2.65 bits per heavy atom. The maximum atomic E-state index is 14.0. The number of amides is 2. The summed E-state index contributed by atoms with van der Waals surface area (Å²) in [6, 6.07) is 8.60. The van der Waals surface area contributed by atoms with Crippen molar-refractivity contribution in [3.05, 3.63) is 59.0 Å². The van der Waals surface area contributed by atoms with Crippen LogP contribution in [0.15, 0.2) is 41.1 Å². The second-order valence-electron chi connectivity index (χ2n) is 10.8. The largest absolute Gasteiger partial charge is 0.493 e. The van der Waals surface area contributed by atoms with E-state index in [1.165, 1.54) is 23.9 Å². The van der Waals surface area contributed by atoms with Gasteiger partial charge in [-0.2, -0.15) is 5.10 Å². The van der Waals surface area contributed by atoms with Gasteiger partial charge in [0.15, 0.2) is 0 Å². The van der Waals surface area contributed by atoms with E-state index in [0.29, 0.717) is 24.1 Å². The molecule has 2 amide bonds. The summed E-state index contributed by atoms with van der Waals surface area (Å²) < 4.78 is 13.2. The molecule has 1 unspecified atom stereocenters. The molecular formula is C28H33N5O4. The van der Waals surface area contributed by atoms with Gasteiger partial charge in [-0.25, -0.2) is 0 Å². The van der Waals surface area contributed by atoms with Gasteiger partial charge in [0.25, 0.3) is 5.91 Å². The lowest BCUT2D eigenvalue weighted by atomic mass is 9.76. The highest BCUT2D eigenvalue weighted by Gasteiger charge is 2.58. The number of para-hydroxylation sites is 1. The lowest BCUT2D eigenvalue weighted by Crippen LogP contribution is -2.52.